The van der Waals surface area contributed by atoms with Gasteiger partial charge in [0.15, 0.2) is 0 Å². The largest absolute Gasteiger partial charge is 0.465 e. The first kappa shape index (κ1) is 24.7. The molecule has 5 N–H and O–H groups in total. The Bertz CT molecular complexity index is 1380. The first-order valence-corrected chi connectivity index (χ1v) is 12.9. The molecule has 1 amide bonds. The van der Waals surface area contributed by atoms with Gasteiger partial charge in [-0.05, 0) is 38.0 Å². The van der Waals surface area contributed by atoms with Crippen LogP contribution in [0, 0.1) is 5.82 Å². The fourth-order valence-electron chi connectivity index (χ4n) is 3.45. The highest BCUT2D eigenvalue weighted by Crippen LogP contribution is 2.44. The van der Waals surface area contributed by atoms with Crippen molar-refractivity contribution in [1.82, 2.24) is 25.3 Å². The summed E-state index contributed by atoms with van der Waals surface area (Å²) in [5, 5.41) is 14.0. The second kappa shape index (κ2) is 9.66. The Labute approximate surface area is 205 Å². The van der Waals surface area contributed by atoms with Gasteiger partial charge in [-0.1, -0.05) is 11.6 Å². The molecule has 4 rings (SSSR count). The standard InChI is InChI=1S/C21H23ClFN7O4S/c1-10(26-21(31)32)9-25-20-24-8-7-14(27-20)17-18(29-19(28-17)11-3-4-11)15-12(23)5-6-13(16(15)22)30-35(2,33)34/h5-8,10-11,26,30H,3-4,9H2,1-2H3,(H,28,29)(H,31,32)(H,24,25,27)/t10-/m0/s1. The van der Waals surface area contributed by atoms with Crippen LogP contribution in [0.15, 0.2) is 24.4 Å². The summed E-state index contributed by atoms with van der Waals surface area (Å²) in [5.41, 5.74) is 0.944. The molecular weight excluding hydrogens is 501 g/mol. The number of carboxylic acid groups (broad SMARTS) is 1. The normalized spacial score (nSPS) is 14.4. The number of halogens is 2. The van der Waals surface area contributed by atoms with Gasteiger partial charge in [0.2, 0.25) is 16.0 Å². The van der Waals surface area contributed by atoms with E-state index in [-0.39, 0.29) is 40.4 Å². The average Bonchev–Trinajstić information content (AvgIpc) is 3.53. The maximum absolute atomic E-state index is 15.0. The molecule has 1 atom stereocenters. The molecule has 35 heavy (non-hydrogen) atoms. The third kappa shape index (κ3) is 5.98. The van der Waals surface area contributed by atoms with Gasteiger partial charge in [-0.25, -0.2) is 32.6 Å². The molecule has 0 aliphatic heterocycles. The molecule has 0 bridgehead atoms. The number of rotatable bonds is 9. The lowest BCUT2D eigenvalue weighted by Crippen LogP contribution is -2.36. The van der Waals surface area contributed by atoms with E-state index >= 15 is 4.39 Å². The van der Waals surface area contributed by atoms with Gasteiger partial charge in [0.25, 0.3) is 0 Å². The van der Waals surface area contributed by atoms with Crippen LogP contribution in [0.5, 0.6) is 0 Å². The van der Waals surface area contributed by atoms with Crippen LogP contribution in [0.3, 0.4) is 0 Å². The van der Waals surface area contributed by atoms with Crippen molar-refractivity contribution in [2.75, 3.05) is 22.8 Å². The minimum absolute atomic E-state index is 0.0254. The van der Waals surface area contributed by atoms with Crippen molar-refractivity contribution in [3.05, 3.63) is 41.1 Å². The summed E-state index contributed by atoms with van der Waals surface area (Å²) in [5.74, 6) is 0.405. The highest BCUT2D eigenvalue weighted by molar-refractivity contribution is 7.92. The second-order valence-electron chi connectivity index (χ2n) is 8.28. The quantitative estimate of drug-likeness (QED) is 0.284. The minimum Gasteiger partial charge on any atom is -0.465 e. The number of nitrogens with one attached hydrogen (secondary N) is 4. The number of aromatic nitrogens is 4. The SMILES string of the molecule is C[C@@H](CNc1nccc(-c2[nH]c(C3CC3)nc2-c2c(F)ccc(NS(C)(=O)=O)c2Cl)n1)NC(=O)O. The molecule has 1 aliphatic rings. The Morgan fingerprint density at radius 3 is 2.71 bits per heavy atom. The van der Waals surface area contributed by atoms with Crippen molar-refractivity contribution in [2.45, 2.75) is 31.7 Å². The van der Waals surface area contributed by atoms with Crippen molar-refractivity contribution >= 4 is 39.4 Å². The van der Waals surface area contributed by atoms with E-state index in [1.54, 1.807) is 13.0 Å². The molecule has 11 nitrogen and oxygen atoms in total. The molecule has 1 fully saturated rings. The summed E-state index contributed by atoms with van der Waals surface area (Å²) >= 11 is 6.46. The maximum Gasteiger partial charge on any atom is 0.404 e. The van der Waals surface area contributed by atoms with Crippen molar-refractivity contribution in [2.24, 2.45) is 0 Å². The predicted molar refractivity (Wildman–Crippen MR) is 130 cm³/mol. The molecule has 1 saturated carbocycles. The van der Waals surface area contributed by atoms with E-state index in [0.29, 0.717) is 17.2 Å². The number of aromatic amines is 1. The monoisotopic (exact) mass is 523 g/mol. The average molecular weight is 524 g/mol. The van der Waals surface area contributed by atoms with Crippen LogP contribution < -0.4 is 15.4 Å². The lowest BCUT2D eigenvalue weighted by Gasteiger charge is -2.13. The Balaban J connectivity index is 1.74. The zero-order valence-corrected chi connectivity index (χ0v) is 20.3. The fraction of sp³-hybridized carbons (Fsp3) is 0.333. The Morgan fingerprint density at radius 2 is 2.06 bits per heavy atom. The zero-order valence-electron chi connectivity index (χ0n) is 18.8. The van der Waals surface area contributed by atoms with E-state index in [2.05, 4.69) is 35.3 Å². The first-order chi connectivity index (χ1) is 16.5. The number of sulfonamides is 1. The van der Waals surface area contributed by atoms with Crippen molar-refractivity contribution in [3.8, 4) is 22.6 Å². The summed E-state index contributed by atoms with van der Waals surface area (Å²) in [7, 11) is -3.65. The number of benzene rings is 1. The number of imidazole rings is 1. The molecule has 14 heteroatoms. The number of hydrogen-bond acceptors (Lipinski definition) is 7. The molecule has 0 saturated heterocycles. The van der Waals surface area contributed by atoms with Crippen LogP contribution in [0.2, 0.25) is 5.02 Å². The van der Waals surface area contributed by atoms with Crippen LogP contribution >= 0.6 is 11.6 Å². The van der Waals surface area contributed by atoms with Crippen LogP contribution in [0.4, 0.5) is 20.8 Å². The van der Waals surface area contributed by atoms with Gasteiger partial charge in [-0.15, -0.1) is 0 Å². The van der Waals surface area contributed by atoms with E-state index in [9.17, 15) is 13.2 Å². The number of amides is 1. The van der Waals surface area contributed by atoms with Crippen LogP contribution in [0.1, 0.15) is 31.5 Å². The van der Waals surface area contributed by atoms with Gasteiger partial charge >= 0.3 is 6.09 Å². The molecule has 2 aromatic heterocycles. The molecule has 2 heterocycles. The molecule has 0 unspecified atom stereocenters. The predicted octanol–water partition coefficient (Wildman–Crippen LogP) is 3.64. The molecule has 186 valence electrons. The van der Waals surface area contributed by atoms with Gasteiger partial charge < -0.3 is 20.7 Å². The summed E-state index contributed by atoms with van der Waals surface area (Å²) in [6.07, 6.45) is 3.20. The van der Waals surface area contributed by atoms with Gasteiger partial charge in [0.05, 0.1) is 33.9 Å². The number of H-pyrrole nitrogens is 1. The topological polar surface area (TPSA) is 162 Å². The van der Waals surface area contributed by atoms with Crippen LogP contribution in [-0.2, 0) is 10.0 Å². The Hall–Kier alpha value is -3.45. The summed E-state index contributed by atoms with van der Waals surface area (Å²) < 4.78 is 40.8. The van der Waals surface area contributed by atoms with Crippen LogP contribution in [-0.4, -0.2) is 58.4 Å². The van der Waals surface area contributed by atoms with Gasteiger partial charge in [-0.2, -0.15) is 0 Å². The van der Waals surface area contributed by atoms with Gasteiger partial charge in [0.1, 0.15) is 17.3 Å². The number of hydrogen-bond donors (Lipinski definition) is 5. The molecule has 0 radical (unpaired) electrons. The minimum atomic E-state index is -3.65. The van der Waals surface area contributed by atoms with Crippen molar-refractivity contribution in [3.63, 3.8) is 0 Å². The van der Waals surface area contributed by atoms with E-state index < -0.39 is 28.0 Å². The molecule has 0 spiro atoms. The third-order valence-electron chi connectivity index (χ3n) is 5.16. The second-order valence-corrected chi connectivity index (χ2v) is 10.4. The Kier molecular flexibility index (Phi) is 6.81. The summed E-state index contributed by atoms with van der Waals surface area (Å²) in [4.78, 5) is 27.2. The van der Waals surface area contributed by atoms with Crippen molar-refractivity contribution < 1.29 is 22.7 Å². The van der Waals surface area contributed by atoms with E-state index in [0.717, 1.165) is 25.2 Å². The summed E-state index contributed by atoms with van der Waals surface area (Å²) in [6, 6.07) is 3.58. The van der Waals surface area contributed by atoms with Crippen molar-refractivity contribution in [1.29, 1.82) is 0 Å². The number of nitrogens with zero attached hydrogens (tertiary/aromatic N) is 3. The third-order valence-corrected chi connectivity index (χ3v) is 6.14. The van der Waals surface area contributed by atoms with Crippen LogP contribution in [0.25, 0.3) is 22.6 Å². The smallest absolute Gasteiger partial charge is 0.404 e. The lowest BCUT2D eigenvalue weighted by atomic mass is 10.1. The lowest BCUT2D eigenvalue weighted by molar-refractivity contribution is 0.191. The highest BCUT2D eigenvalue weighted by atomic mass is 35.5. The Morgan fingerprint density at radius 1 is 1.31 bits per heavy atom. The number of anilines is 2. The van der Waals surface area contributed by atoms with E-state index in [1.807, 2.05) is 0 Å². The first-order valence-electron chi connectivity index (χ1n) is 10.6. The molecule has 3 aromatic rings. The highest BCUT2D eigenvalue weighted by Gasteiger charge is 2.31. The summed E-state index contributed by atoms with van der Waals surface area (Å²) in [6.45, 7) is 1.92. The van der Waals surface area contributed by atoms with E-state index in [4.69, 9.17) is 16.7 Å². The fourth-order valence-corrected chi connectivity index (χ4v) is 4.36. The molecule has 1 aromatic carbocycles. The maximum atomic E-state index is 15.0. The number of carbonyl (C=O) groups is 1. The van der Waals surface area contributed by atoms with Gasteiger partial charge in [-0.3, -0.25) is 4.72 Å². The van der Waals surface area contributed by atoms with Gasteiger partial charge in [0, 0.05) is 24.7 Å². The van der Waals surface area contributed by atoms with E-state index in [1.165, 1.54) is 12.3 Å². The molecule has 1 aliphatic carbocycles. The molecular formula is C21H23ClFN7O4S. The zero-order chi connectivity index (χ0) is 25.3.